The highest BCUT2D eigenvalue weighted by molar-refractivity contribution is 4.95. The maximum Gasteiger partial charge on any atom is 0.0107 e. The summed E-state index contributed by atoms with van der Waals surface area (Å²) in [6.45, 7) is 9.78. The van der Waals surface area contributed by atoms with Crippen molar-refractivity contribution in [3.8, 4) is 0 Å². The minimum absolute atomic E-state index is 0.737. The summed E-state index contributed by atoms with van der Waals surface area (Å²) in [6, 6.07) is 0.770. The molecule has 1 atom stereocenters. The zero-order chi connectivity index (χ0) is 11.4. The molecular formula is C14H28N2. The highest BCUT2D eigenvalue weighted by atomic mass is 15.2. The van der Waals surface area contributed by atoms with Crippen molar-refractivity contribution in [2.75, 3.05) is 26.2 Å². The first-order chi connectivity index (χ1) is 7.78. The maximum absolute atomic E-state index is 3.66. The minimum atomic E-state index is 0.737. The summed E-state index contributed by atoms with van der Waals surface area (Å²) in [5.41, 5.74) is 0.737. The summed E-state index contributed by atoms with van der Waals surface area (Å²) < 4.78 is 0. The minimum Gasteiger partial charge on any atom is -0.313 e. The van der Waals surface area contributed by atoms with E-state index in [4.69, 9.17) is 0 Å². The van der Waals surface area contributed by atoms with Crippen LogP contribution in [0.3, 0.4) is 0 Å². The molecular weight excluding hydrogens is 196 g/mol. The smallest absolute Gasteiger partial charge is 0.0107 e. The van der Waals surface area contributed by atoms with Crippen LogP contribution in [0.4, 0.5) is 0 Å². The summed E-state index contributed by atoms with van der Waals surface area (Å²) in [4.78, 5) is 2.71. The first kappa shape index (κ1) is 12.4. The molecule has 0 amide bonds. The Hall–Kier alpha value is -0.0800. The van der Waals surface area contributed by atoms with Crippen molar-refractivity contribution in [2.24, 2.45) is 5.41 Å². The van der Waals surface area contributed by atoms with E-state index in [0.717, 1.165) is 11.5 Å². The van der Waals surface area contributed by atoms with Crippen LogP contribution in [0.5, 0.6) is 0 Å². The van der Waals surface area contributed by atoms with Crippen LogP contribution in [0.25, 0.3) is 0 Å². The predicted octanol–water partition coefficient (Wildman–Crippen LogP) is 2.64. The summed E-state index contributed by atoms with van der Waals surface area (Å²) in [7, 11) is 0. The van der Waals surface area contributed by atoms with Gasteiger partial charge in [-0.05, 0) is 44.1 Å². The number of nitrogens with one attached hydrogen (secondary N) is 1. The average Bonchev–Trinajstić information content (AvgIpc) is 3.05. The lowest BCUT2D eigenvalue weighted by molar-refractivity contribution is 0.222. The fraction of sp³-hybridized carbons (Fsp3) is 1.00. The summed E-state index contributed by atoms with van der Waals surface area (Å²) in [5, 5.41) is 3.66. The Bertz CT molecular complexity index is 211. The molecule has 94 valence electrons. The van der Waals surface area contributed by atoms with E-state index in [-0.39, 0.29) is 0 Å². The Morgan fingerprint density at radius 2 is 2.06 bits per heavy atom. The Morgan fingerprint density at radius 1 is 1.25 bits per heavy atom. The topological polar surface area (TPSA) is 15.3 Å². The van der Waals surface area contributed by atoms with E-state index in [1.165, 1.54) is 64.7 Å². The number of nitrogens with zero attached hydrogens (tertiary/aromatic N) is 1. The van der Waals surface area contributed by atoms with Crippen LogP contribution in [-0.4, -0.2) is 37.1 Å². The molecule has 2 rings (SSSR count). The van der Waals surface area contributed by atoms with Gasteiger partial charge in [-0.2, -0.15) is 0 Å². The second kappa shape index (κ2) is 5.50. The van der Waals surface area contributed by atoms with Crippen LogP contribution in [0.1, 0.15) is 52.4 Å². The standard InChI is InChI=1S/C14H28N2/c1-3-6-14(7-8-14)12-16-10-5-13(4-2)15-9-11-16/h13,15H,3-12H2,1-2H3. The van der Waals surface area contributed by atoms with Gasteiger partial charge in [0.15, 0.2) is 0 Å². The fourth-order valence-electron chi connectivity index (χ4n) is 3.15. The fourth-order valence-corrected chi connectivity index (χ4v) is 3.15. The second-order valence-corrected chi connectivity index (χ2v) is 5.87. The van der Waals surface area contributed by atoms with Gasteiger partial charge in [0.2, 0.25) is 0 Å². The molecule has 0 aromatic rings. The first-order valence-corrected chi connectivity index (χ1v) is 7.24. The lowest BCUT2D eigenvalue weighted by atomic mass is 10.00. The van der Waals surface area contributed by atoms with Gasteiger partial charge in [0.05, 0.1) is 0 Å². The number of hydrogen-bond donors (Lipinski definition) is 1. The SMILES string of the molecule is CCCC1(CN2CCNC(CC)CC2)CC1. The van der Waals surface area contributed by atoms with Crippen molar-refractivity contribution >= 4 is 0 Å². The molecule has 1 saturated heterocycles. The molecule has 2 nitrogen and oxygen atoms in total. The third-order valence-corrected chi connectivity index (χ3v) is 4.44. The van der Waals surface area contributed by atoms with E-state index in [2.05, 4.69) is 24.1 Å². The number of rotatable bonds is 5. The van der Waals surface area contributed by atoms with E-state index in [1.54, 1.807) is 0 Å². The van der Waals surface area contributed by atoms with Crippen LogP contribution >= 0.6 is 0 Å². The summed E-state index contributed by atoms with van der Waals surface area (Å²) in [5.74, 6) is 0. The van der Waals surface area contributed by atoms with Crippen molar-refractivity contribution in [3.63, 3.8) is 0 Å². The lowest BCUT2D eigenvalue weighted by Crippen LogP contribution is -2.33. The Kier molecular flexibility index (Phi) is 4.26. The van der Waals surface area contributed by atoms with Gasteiger partial charge >= 0.3 is 0 Å². The zero-order valence-corrected chi connectivity index (χ0v) is 11.1. The third kappa shape index (κ3) is 3.21. The molecule has 16 heavy (non-hydrogen) atoms. The van der Waals surface area contributed by atoms with Gasteiger partial charge in [-0.3, -0.25) is 0 Å². The van der Waals surface area contributed by atoms with Gasteiger partial charge in [0.25, 0.3) is 0 Å². The molecule has 1 unspecified atom stereocenters. The van der Waals surface area contributed by atoms with Crippen LogP contribution < -0.4 is 5.32 Å². The highest BCUT2D eigenvalue weighted by Gasteiger charge is 2.42. The number of hydrogen-bond acceptors (Lipinski definition) is 2. The van der Waals surface area contributed by atoms with Crippen molar-refractivity contribution in [2.45, 2.75) is 58.4 Å². The zero-order valence-electron chi connectivity index (χ0n) is 11.1. The molecule has 1 aliphatic carbocycles. The van der Waals surface area contributed by atoms with Crippen molar-refractivity contribution in [3.05, 3.63) is 0 Å². The van der Waals surface area contributed by atoms with Gasteiger partial charge in [0.1, 0.15) is 0 Å². The van der Waals surface area contributed by atoms with Gasteiger partial charge in [-0.25, -0.2) is 0 Å². The quantitative estimate of drug-likeness (QED) is 0.772. The normalized spacial score (nSPS) is 30.0. The average molecular weight is 224 g/mol. The van der Waals surface area contributed by atoms with Gasteiger partial charge in [-0.1, -0.05) is 20.3 Å². The Labute approximate surface area is 101 Å². The van der Waals surface area contributed by atoms with E-state index >= 15 is 0 Å². The molecule has 2 aliphatic rings. The van der Waals surface area contributed by atoms with Crippen molar-refractivity contribution in [1.29, 1.82) is 0 Å². The van der Waals surface area contributed by atoms with Gasteiger partial charge in [0, 0.05) is 25.7 Å². The molecule has 2 heteroatoms. The van der Waals surface area contributed by atoms with Crippen LogP contribution in [0.15, 0.2) is 0 Å². The molecule has 2 fully saturated rings. The molecule has 0 spiro atoms. The molecule has 0 aromatic heterocycles. The summed E-state index contributed by atoms with van der Waals surface area (Å²) >= 11 is 0. The molecule has 1 saturated carbocycles. The monoisotopic (exact) mass is 224 g/mol. The molecule has 1 N–H and O–H groups in total. The Morgan fingerprint density at radius 3 is 2.69 bits per heavy atom. The van der Waals surface area contributed by atoms with Crippen LogP contribution in [-0.2, 0) is 0 Å². The molecule has 0 bridgehead atoms. The van der Waals surface area contributed by atoms with Gasteiger partial charge < -0.3 is 10.2 Å². The highest BCUT2D eigenvalue weighted by Crippen LogP contribution is 2.50. The van der Waals surface area contributed by atoms with Gasteiger partial charge in [-0.15, -0.1) is 0 Å². The summed E-state index contributed by atoms with van der Waals surface area (Å²) in [6.07, 6.45) is 8.43. The molecule has 0 radical (unpaired) electrons. The van der Waals surface area contributed by atoms with Crippen molar-refractivity contribution < 1.29 is 0 Å². The lowest BCUT2D eigenvalue weighted by Gasteiger charge is -2.25. The second-order valence-electron chi connectivity index (χ2n) is 5.87. The first-order valence-electron chi connectivity index (χ1n) is 7.24. The maximum atomic E-state index is 3.66. The largest absolute Gasteiger partial charge is 0.313 e. The molecule has 0 aromatic carbocycles. The van der Waals surface area contributed by atoms with Crippen molar-refractivity contribution in [1.82, 2.24) is 10.2 Å². The van der Waals surface area contributed by atoms with E-state index in [0.29, 0.717) is 0 Å². The van der Waals surface area contributed by atoms with E-state index < -0.39 is 0 Å². The molecule has 1 heterocycles. The Balaban J connectivity index is 1.77. The molecule has 1 aliphatic heterocycles. The predicted molar refractivity (Wildman–Crippen MR) is 69.7 cm³/mol. The van der Waals surface area contributed by atoms with Crippen LogP contribution in [0.2, 0.25) is 0 Å². The van der Waals surface area contributed by atoms with Crippen LogP contribution in [0, 0.1) is 5.41 Å². The third-order valence-electron chi connectivity index (χ3n) is 4.44. The van der Waals surface area contributed by atoms with E-state index in [1.807, 2.05) is 0 Å². The van der Waals surface area contributed by atoms with E-state index in [9.17, 15) is 0 Å².